The Morgan fingerprint density at radius 2 is 2.04 bits per heavy atom. The van der Waals surface area contributed by atoms with Crippen molar-refractivity contribution in [2.75, 3.05) is 5.73 Å². The van der Waals surface area contributed by atoms with Gasteiger partial charge in [0.05, 0.1) is 5.92 Å². The number of benzene rings is 1. The lowest BCUT2D eigenvalue weighted by molar-refractivity contribution is -0.290. The molecule has 1 aromatic carbocycles. The van der Waals surface area contributed by atoms with E-state index in [-0.39, 0.29) is 29.9 Å². The summed E-state index contributed by atoms with van der Waals surface area (Å²) in [6.45, 7) is 0.987. The Bertz CT molecular complexity index is 803. The van der Waals surface area contributed by atoms with Crippen molar-refractivity contribution in [3.8, 4) is 0 Å². The zero-order valence-corrected chi connectivity index (χ0v) is 14.1. The molecule has 0 saturated carbocycles. The molecule has 0 radical (unpaired) electrons. The van der Waals surface area contributed by atoms with Crippen molar-refractivity contribution < 1.29 is 27.9 Å². The molecule has 0 amide bonds. The Hall–Kier alpha value is -2.35. The van der Waals surface area contributed by atoms with Crippen LogP contribution < -0.4 is 11.1 Å². The fourth-order valence-electron chi connectivity index (χ4n) is 3.96. The van der Waals surface area contributed by atoms with Crippen LogP contribution in [-0.4, -0.2) is 28.6 Å². The van der Waals surface area contributed by atoms with Crippen LogP contribution >= 0.6 is 0 Å². The van der Waals surface area contributed by atoms with Crippen LogP contribution in [0, 0.1) is 5.92 Å². The zero-order valence-electron chi connectivity index (χ0n) is 14.1. The maximum atomic E-state index is 13.8. The number of allylic oxidation sites excluding steroid dienone is 2. The molecule has 3 atom stereocenters. The SMILES string of the molecule is CC(=O)C1C(c2cccc(N)c2)C2=C(CCCC2=O)NC1(O)C(F)(F)F. The fourth-order valence-corrected chi connectivity index (χ4v) is 3.96. The summed E-state index contributed by atoms with van der Waals surface area (Å²) in [4.78, 5) is 24.8. The molecule has 3 rings (SSSR count). The van der Waals surface area contributed by atoms with Gasteiger partial charge in [-0.15, -0.1) is 0 Å². The van der Waals surface area contributed by atoms with Crippen LogP contribution in [-0.2, 0) is 9.59 Å². The molecule has 5 nitrogen and oxygen atoms in total. The lowest BCUT2D eigenvalue weighted by atomic mass is 9.66. The molecule has 1 aliphatic heterocycles. The number of nitrogen functional groups attached to an aromatic ring is 1. The van der Waals surface area contributed by atoms with Gasteiger partial charge >= 0.3 is 6.18 Å². The second kappa shape index (κ2) is 6.12. The minimum Gasteiger partial charge on any atom is -0.399 e. The van der Waals surface area contributed by atoms with Crippen LogP contribution in [0.2, 0.25) is 0 Å². The van der Waals surface area contributed by atoms with Crippen molar-refractivity contribution in [1.29, 1.82) is 0 Å². The van der Waals surface area contributed by atoms with Crippen molar-refractivity contribution in [1.82, 2.24) is 5.32 Å². The molecule has 4 N–H and O–H groups in total. The van der Waals surface area contributed by atoms with Crippen LogP contribution in [0.15, 0.2) is 35.5 Å². The van der Waals surface area contributed by atoms with E-state index in [1.807, 2.05) is 0 Å². The molecule has 8 heteroatoms. The average molecular weight is 368 g/mol. The highest BCUT2D eigenvalue weighted by Gasteiger charge is 2.65. The predicted molar refractivity (Wildman–Crippen MR) is 87.8 cm³/mol. The smallest absolute Gasteiger partial charge is 0.399 e. The molecular weight excluding hydrogens is 349 g/mol. The lowest BCUT2D eigenvalue weighted by Gasteiger charge is -2.47. The van der Waals surface area contributed by atoms with Gasteiger partial charge < -0.3 is 16.2 Å². The monoisotopic (exact) mass is 368 g/mol. The Kier molecular flexibility index (Phi) is 4.34. The van der Waals surface area contributed by atoms with Crippen LogP contribution in [0.25, 0.3) is 0 Å². The first-order chi connectivity index (χ1) is 12.1. The predicted octanol–water partition coefficient (Wildman–Crippen LogP) is 2.42. The third-order valence-corrected chi connectivity index (χ3v) is 5.03. The number of halogens is 3. The number of carbonyl (C=O) groups excluding carboxylic acids is 2. The van der Waals surface area contributed by atoms with E-state index in [0.717, 1.165) is 6.92 Å². The standard InChI is InChI=1S/C18H19F3N2O3/c1-9(24)16-14(10-4-2-5-11(22)8-10)15-12(6-3-7-13(15)25)23-17(16,26)18(19,20)21/h2,4-5,8,14,16,23,26H,3,6-7,22H2,1H3. The number of hydrogen-bond acceptors (Lipinski definition) is 5. The third kappa shape index (κ3) is 2.78. The number of alkyl halides is 3. The van der Waals surface area contributed by atoms with E-state index in [1.54, 1.807) is 12.1 Å². The molecule has 140 valence electrons. The van der Waals surface area contributed by atoms with Gasteiger partial charge in [-0.2, -0.15) is 13.2 Å². The number of rotatable bonds is 2. The van der Waals surface area contributed by atoms with Gasteiger partial charge in [0, 0.05) is 29.3 Å². The van der Waals surface area contributed by atoms with Gasteiger partial charge in [-0.1, -0.05) is 12.1 Å². The number of nitrogens with one attached hydrogen (secondary N) is 1. The number of aliphatic hydroxyl groups is 1. The maximum Gasteiger partial charge on any atom is 0.437 e. The lowest BCUT2D eigenvalue weighted by Crippen LogP contribution is -2.67. The van der Waals surface area contributed by atoms with Gasteiger partial charge in [-0.3, -0.25) is 9.59 Å². The fraction of sp³-hybridized carbons (Fsp3) is 0.444. The summed E-state index contributed by atoms with van der Waals surface area (Å²) in [6.07, 6.45) is -4.34. The Morgan fingerprint density at radius 3 is 2.62 bits per heavy atom. The Labute approximate surface area is 148 Å². The number of ketones is 2. The van der Waals surface area contributed by atoms with Crippen molar-refractivity contribution in [3.63, 3.8) is 0 Å². The van der Waals surface area contributed by atoms with Crippen LogP contribution in [0.1, 0.15) is 37.7 Å². The first kappa shape index (κ1) is 18.4. The quantitative estimate of drug-likeness (QED) is 0.698. The van der Waals surface area contributed by atoms with Gasteiger partial charge in [-0.05, 0) is 37.5 Å². The van der Waals surface area contributed by atoms with Gasteiger partial charge in [-0.25, -0.2) is 0 Å². The molecule has 1 aromatic rings. The Balaban J connectivity index is 2.30. The number of anilines is 1. The number of Topliss-reactive ketones (excluding diaryl/α,β-unsaturated/α-hetero) is 2. The minimum atomic E-state index is -5.11. The molecule has 0 saturated heterocycles. The molecule has 0 spiro atoms. The molecule has 26 heavy (non-hydrogen) atoms. The molecule has 0 bridgehead atoms. The first-order valence-electron chi connectivity index (χ1n) is 8.25. The number of hydrogen-bond donors (Lipinski definition) is 3. The van der Waals surface area contributed by atoms with Crippen LogP contribution in [0.5, 0.6) is 0 Å². The van der Waals surface area contributed by atoms with Gasteiger partial charge in [0.1, 0.15) is 5.78 Å². The number of nitrogens with two attached hydrogens (primary N) is 1. The van der Waals surface area contributed by atoms with Gasteiger partial charge in [0.25, 0.3) is 0 Å². The highest BCUT2D eigenvalue weighted by atomic mass is 19.4. The minimum absolute atomic E-state index is 0.0472. The van der Waals surface area contributed by atoms with Crippen LogP contribution in [0.3, 0.4) is 0 Å². The molecular formula is C18H19F3N2O3. The van der Waals surface area contributed by atoms with Gasteiger partial charge in [0.2, 0.25) is 5.72 Å². The average Bonchev–Trinajstić information content (AvgIpc) is 2.52. The molecule has 0 fully saturated rings. The highest BCUT2D eigenvalue weighted by molar-refractivity contribution is 6.00. The van der Waals surface area contributed by atoms with Crippen molar-refractivity contribution in [2.24, 2.45) is 5.92 Å². The second-order valence-electron chi connectivity index (χ2n) is 6.79. The first-order valence-corrected chi connectivity index (χ1v) is 8.25. The molecule has 3 unspecified atom stereocenters. The van der Waals surface area contributed by atoms with E-state index >= 15 is 0 Å². The topological polar surface area (TPSA) is 92.4 Å². The summed E-state index contributed by atoms with van der Waals surface area (Å²) in [6, 6.07) is 6.06. The van der Waals surface area contributed by atoms with E-state index in [2.05, 4.69) is 5.32 Å². The largest absolute Gasteiger partial charge is 0.437 e. The molecule has 2 aliphatic rings. The normalized spacial score (nSPS) is 29.2. The maximum absolute atomic E-state index is 13.8. The summed E-state index contributed by atoms with van der Waals surface area (Å²) >= 11 is 0. The van der Waals surface area contributed by atoms with E-state index in [1.165, 1.54) is 12.1 Å². The third-order valence-electron chi connectivity index (χ3n) is 5.03. The molecule has 0 aromatic heterocycles. The summed E-state index contributed by atoms with van der Waals surface area (Å²) < 4.78 is 41.3. The summed E-state index contributed by atoms with van der Waals surface area (Å²) in [5, 5.41) is 12.6. The number of carbonyl (C=O) groups is 2. The van der Waals surface area contributed by atoms with E-state index in [4.69, 9.17) is 5.73 Å². The highest BCUT2D eigenvalue weighted by Crippen LogP contribution is 2.51. The molecule has 1 aliphatic carbocycles. The second-order valence-corrected chi connectivity index (χ2v) is 6.79. The summed E-state index contributed by atoms with van der Waals surface area (Å²) in [5.41, 5.74) is 3.08. The van der Waals surface area contributed by atoms with Crippen LogP contribution in [0.4, 0.5) is 18.9 Å². The Morgan fingerprint density at radius 1 is 1.35 bits per heavy atom. The van der Waals surface area contributed by atoms with E-state index in [9.17, 15) is 27.9 Å². The molecule has 1 heterocycles. The van der Waals surface area contributed by atoms with Crippen molar-refractivity contribution in [2.45, 2.75) is 44.0 Å². The van der Waals surface area contributed by atoms with Crippen molar-refractivity contribution in [3.05, 3.63) is 41.1 Å². The van der Waals surface area contributed by atoms with E-state index in [0.29, 0.717) is 17.7 Å². The zero-order chi connectivity index (χ0) is 19.3. The van der Waals surface area contributed by atoms with Crippen molar-refractivity contribution >= 4 is 17.3 Å². The summed E-state index contributed by atoms with van der Waals surface area (Å²) in [5.74, 6) is -4.30. The summed E-state index contributed by atoms with van der Waals surface area (Å²) in [7, 11) is 0. The van der Waals surface area contributed by atoms with E-state index < -0.39 is 29.5 Å². The van der Waals surface area contributed by atoms with Gasteiger partial charge in [0.15, 0.2) is 5.78 Å².